The van der Waals surface area contributed by atoms with Crippen molar-refractivity contribution in [3.63, 3.8) is 0 Å². The lowest BCUT2D eigenvalue weighted by Crippen LogP contribution is -2.52. The third-order valence-electron chi connectivity index (χ3n) is 7.22. The fourth-order valence-corrected chi connectivity index (χ4v) is 5.13. The quantitative estimate of drug-likeness (QED) is 0.340. The zero-order valence-corrected chi connectivity index (χ0v) is 21.2. The number of hydrogen-bond donors (Lipinski definition) is 3. The Balaban J connectivity index is 1.33. The Bertz CT molecular complexity index is 1340. The molecule has 2 aliphatic heterocycles. The van der Waals surface area contributed by atoms with Crippen LogP contribution in [0.4, 0.5) is 20.6 Å². The Kier molecular flexibility index (Phi) is 6.88. The van der Waals surface area contributed by atoms with Crippen LogP contribution in [-0.4, -0.2) is 50.6 Å². The average Bonchev–Trinajstić information content (AvgIpc) is 2.89. The van der Waals surface area contributed by atoms with Crippen molar-refractivity contribution in [2.24, 2.45) is 0 Å². The first-order chi connectivity index (χ1) is 17.8. The lowest BCUT2D eigenvalue weighted by atomic mass is 9.96. The Morgan fingerprint density at radius 1 is 1.24 bits per heavy atom. The highest BCUT2D eigenvalue weighted by atomic mass is 19.1. The molecule has 192 valence electrons. The summed E-state index contributed by atoms with van der Waals surface area (Å²) in [5, 5.41) is 11.7. The summed E-state index contributed by atoms with van der Waals surface area (Å²) in [7, 11) is 0. The lowest BCUT2D eigenvalue weighted by Gasteiger charge is -2.41. The number of carbonyl (C=O) groups excluding carboxylic acids is 1. The Morgan fingerprint density at radius 3 is 2.76 bits per heavy atom. The molecule has 9 heteroatoms. The van der Waals surface area contributed by atoms with E-state index in [2.05, 4.69) is 20.2 Å². The summed E-state index contributed by atoms with van der Waals surface area (Å²) in [6.45, 7) is 6.35. The molecule has 8 nitrogen and oxygen atoms in total. The lowest BCUT2D eigenvalue weighted by molar-refractivity contribution is 0.107. The van der Waals surface area contributed by atoms with Gasteiger partial charge in [-0.15, -0.1) is 0 Å². The van der Waals surface area contributed by atoms with Crippen LogP contribution in [0.15, 0.2) is 42.7 Å². The standard InChI is InChI=1S/C28H32FN7O/c1-3-26-32-12-20(13-33-26)27(31)22-10-19-15-36(28(37)34-25(19)11-24(22)30)21-5-4-8-35(16-21)14-18-7-6-17(2)9-23(18)29/h6-7,9-13,21,31H,3-5,8,14-16,30H2,1-2H3,(H,34,37)/t21-/m1/s1. The van der Waals surface area contributed by atoms with Gasteiger partial charge in [0.05, 0.1) is 5.71 Å². The molecule has 4 N–H and O–H groups in total. The number of benzene rings is 2. The number of amides is 2. The second-order valence-corrected chi connectivity index (χ2v) is 9.90. The third kappa shape index (κ3) is 5.17. The Labute approximate surface area is 216 Å². The van der Waals surface area contributed by atoms with Gasteiger partial charge in [0, 0.05) is 72.6 Å². The van der Waals surface area contributed by atoms with Gasteiger partial charge in [0.1, 0.15) is 11.6 Å². The van der Waals surface area contributed by atoms with Gasteiger partial charge >= 0.3 is 6.03 Å². The second-order valence-electron chi connectivity index (χ2n) is 9.90. The van der Waals surface area contributed by atoms with Crippen LogP contribution in [0.25, 0.3) is 0 Å². The first-order valence-corrected chi connectivity index (χ1v) is 12.7. The van der Waals surface area contributed by atoms with Gasteiger partial charge in [-0.25, -0.2) is 19.2 Å². The first kappa shape index (κ1) is 24.8. The summed E-state index contributed by atoms with van der Waals surface area (Å²) in [6.07, 6.45) is 5.83. The van der Waals surface area contributed by atoms with Gasteiger partial charge in [-0.3, -0.25) is 10.3 Å². The molecule has 2 aliphatic rings. The van der Waals surface area contributed by atoms with Crippen LogP contribution in [0.3, 0.4) is 0 Å². The van der Waals surface area contributed by atoms with Gasteiger partial charge in [0.15, 0.2) is 0 Å². The van der Waals surface area contributed by atoms with Crippen LogP contribution in [0.5, 0.6) is 0 Å². The highest BCUT2D eigenvalue weighted by molar-refractivity contribution is 6.14. The molecular weight excluding hydrogens is 469 g/mol. The molecule has 0 aliphatic carbocycles. The number of nitrogen functional groups attached to an aromatic ring is 1. The van der Waals surface area contributed by atoms with Gasteiger partial charge in [-0.2, -0.15) is 0 Å². The monoisotopic (exact) mass is 501 g/mol. The highest BCUT2D eigenvalue weighted by Gasteiger charge is 2.33. The van der Waals surface area contributed by atoms with Crippen molar-refractivity contribution in [1.82, 2.24) is 19.8 Å². The number of anilines is 2. The van der Waals surface area contributed by atoms with Crippen LogP contribution >= 0.6 is 0 Å². The van der Waals surface area contributed by atoms with Crippen molar-refractivity contribution in [2.45, 2.75) is 52.2 Å². The number of fused-ring (bicyclic) bond motifs is 1. The molecule has 0 unspecified atom stereocenters. The van der Waals surface area contributed by atoms with Crippen LogP contribution in [-0.2, 0) is 19.5 Å². The molecular formula is C28H32FN7O. The average molecular weight is 502 g/mol. The Hall–Kier alpha value is -3.85. The van der Waals surface area contributed by atoms with E-state index in [0.29, 0.717) is 47.7 Å². The van der Waals surface area contributed by atoms with Crippen LogP contribution in [0, 0.1) is 18.2 Å². The van der Waals surface area contributed by atoms with E-state index in [0.717, 1.165) is 42.8 Å². The summed E-state index contributed by atoms with van der Waals surface area (Å²) in [4.78, 5) is 25.7. The summed E-state index contributed by atoms with van der Waals surface area (Å²) in [5.74, 6) is 0.536. The van der Waals surface area contributed by atoms with Crippen LogP contribution in [0.1, 0.15) is 53.4 Å². The Morgan fingerprint density at radius 2 is 2.03 bits per heavy atom. The number of nitrogens with one attached hydrogen (secondary N) is 2. The molecule has 2 aromatic carbocycles. The number of aryl methyl sites for hydroxylation is 2. The topological polar surface area (TPSA) is 111 Å². The second kappa shape index (κ2) is 10.3. The van der Waals surface area contributed by atoms with Crippen molar-refractivity contribution >= 4 is 23.1 Å². The third-order valence-corrected chi connectivity index (χ3v) is 7.22. The number of halogens is 1. The number of rotatable bonds is 6. The van der Waals surface area contributed by atoms with Crippen LogP contribution < -0.4 is 11.1 Å². The zero-order chi connectivity index (χ0) is 26.1. The van der Waals surface area contributed by atoms with E-state index in [4.69, 9.17) is 11.1 Å². The van der Waals surface area contributed by atoms with Crippen molar-refractivity contribution in [1.29, 1.82) is 5.41 Å². The number of piperidine rings is 1. The molecule has 37 heavy (non-hydrogen) atoms. The van der Waals surface area contributed by atoms with Crippen molar-refractivity contribution < 1.29 is 9.18 Å². The fourth-order valence-electron chi connectivity index (χ4n) is 5.13. The minimum atomic E-state index is -0.186. The number of aromatic nitrogens is 2. The molecule has 1 atom stereocenters. The number of carbonyl (C=O) groups is 1. The predicted molar refractivity (Wildman–Crippen MR) is 142 cm³/mol. The minimum absolute atomic E-state index is 0.00542. The minimum Gasteiger partial charge on any atom is -0.398 e. The number of likely N-dealkylation sites (tertiary alicyclic amines) is 1. The number of hydrogen-bond acceptors (Lipinski definition) is 6. The number of nitrogens with zero attached hydrogens (tertiary/aromatic N) is 4. The first-order valence-electron chi connectivity index (χ1n) is 12.7. The largest absolute Gasteiger partial charge is 0.398 e. The fraction of sp³-hybridized carbons (Fsp3) is 0.357. The maximum absolute atomic E-state index is 14.4. The van der Waals surface area contributed by atoms with E-state index >= 15 is 0 Å². The van der Waals surface area contributed by atoms with Gasteiger partial charge in [-0.1, -0.05) is 19.1 Å². The van der Waals surface area contributed by atoms with Crippen molar-refractivity contribution in [3.05, 3.63) is 82.2 Å². The molecule has 3 aromatic rings. The zero-order valence-electron chi connectivity index (χ0n) is 21.2. The molecule has 1 aromatic heterocycles. The van der Waals surface area contributed by atoms with E-state index in [1.807, 2.05) is 36.9 Å². The molecule has 1 fully saturated rings. The number of nitrogens with two attached hydrogens (primary N) is 1. The van der Waals surface area contributed by atoms with Crippen molar-refractivity contribution in [3.8, 4) is 0 Å². The van der Waals surface area contributed by atoms with Gasteiger partial charge in [0.25, 0.3) is 0 Å². The molecule has 0 saturated carbocycles. The van der Waals surface area contributed by atoms with Crippen molar-refractivity contribution in [2.75, 3.05) is 24.1 Å². The molecule has 1 saturated heterocycles. The molecule has 0 bridgehead atoms. The van der Waals surface area contributed by atoms with E-state index < -0.39 is 0 Å². The maximum atomic E-state index is 14.4. The molecule has 2 amide bonds. The van der Waals surface area contributed by atoms with Gasteiger partial charge < -0.3 is 16.0 Å². The molecule has 0 radical (unpaired) electrons. The van der Waals surface area contributed by atoms with Gasteiger partial charge in [0.2, 0.25) is 0 Å². The number of urea groups is 1. The van der Waals surface area contributed by atoms with E-state index in [-0.39, 0.29) is 23.6 Å². The van der Waals surface area contributed by atoms with E-state index in [9.17, 15) is 9.18 Å². The molecule has 0 spiro atoms. The molecule has 5 rings (SSSR count). The summed E-state index contributed by atoms with van der Waals surface area (Å²) >= 11 is 0. The van der Waals surface area contributed by atoms with E-state index in [1.54, 1.807) is 24.5 Å². The predicted octanol–water partition coefficient (Wildman–Crippen LogP) is 4.50. The summed E-state index contributed by atoms with van der Waals surface area (Å²) in [5.41, 5.74) is 11.3. The molecule has 3 heterocycles. The smallest absolute Gasteiger partial charge is 0.322 e. The highest BCUT2D eigenvalue weighted by Crippen LogP contribution is 2.32. The SMILES string of the molecule is CCc1ncc(C(=N)c2cc3c(cc2N)NC(=O)N([C@@H]2CCCN(Cc4ccc(C)cc4F)C2)C3)cn1. The van der Waals surface area contributed by atoms with E-state index in [1.165, 1.54) is 0 Å². The maximum Gasteiger partial charge on any atom is 0.322 e. The van der Waals surface area contributed by atoms with Crippen LogP contribution in [0.2, 0.25) is 0 Å². The summed E-state index contributed by atoms with van der Waals surface area (Å²) < 4.78 is 14.4. The van der Waals surface area contributed by atoms with Gasteiger partial charge in [-0.05, 0) is 55.6 Å². The summed E-state index contributed by atoms with van der Waals surface area (Å²) in [6, 6.07) is 8.80. The normalized spacial score (nSPS) is 17.9.